The van der Waals surface area contributed by atoms with E-state index in [1.54, 1.807) is 4.90 Å². The summed E-state index contributed by atoms with van der Waals surface area (Å²) in [4.78, 5) is 37.2. The Hall–Kier alpha value is -2.41. The van der Waals surface area contributed by atoms with E-state index in [-0.39, 0.29) is 30.2 Å². The lowest BCUT2D eigenvalue weighted by atomic mass is 10.1. The van der Waals surface area contributed by atoms with Gasteiger partial charge in [-0.05, 0) is 30.0 Å². The molecule has 0 radical (unpaired) electrons. The first kappa shape index (κ1) is 18.9. The van der Waals surface area contributed by atoms with E-state index in [1.807, 2.05) is 38.1 Å². The zero-order chi connectivity index (χ0) is 18.4. The predicted molar refractivity (Wildman–Crippen MR) is 95.7 cm³/mol. The topological polar surface area (TPSA) is 105 Å². The van der Waals surface area contributed by atoms with Crippen LogP contribution in [0.4, 0.5) is 5.69 Å². The Morgan fingerprint density at radius 2 is 2.04 bits per heavy atom. The molecule has 3 amide bonds. The number of carbonyl (C=O) groups excluding carboxylic acids is 3. The monoisotopic (exact) mass is 346 g/mol. The molecule has 1 atom stereocenters. The normalized spacial score (nSPS) is 15.4. The Morgan fingerprint density at radius 3 is 2.68 bits per heavy atom. The number of benzene rings is 1. The Morgan fingerprint density at radius 1 is 1.28 bits per heavy atom. The van der Waals surface area contributed by atoms with Gasteiger partial charge in [0.05, 0.1) is 12.6 Å². The van der Waals surface area contributed by atoms with E-state index < -0.39 is 6.04 Å². The van der Waals surface area contributed by atoms with E-state index in [0.29, 0.717) is 13.0 Å². The number of nitrogens with zero attached hydrogens (tertiary/aromatic N) is 1. The van der Waals surface area contributed by atoms with Gasteiger partial charge < -0.3 is 21.3 Å². The van der Waals surface area contributed by atoms with Crippen LogP contribution in [0.5, 0.6) is 0 Å². The van der Waals surface area contributed by atoms with Crippen LogP contribution in [0, 0.1) is 5.92 Å². The fourth-order valence-electron chi connectivity index (χ4n) is 2.61. The van der Waals surface area contributed by atoms with Gasteiger partial charge >= 0.3 is 0 Å². The number of amides is 3. The molecule has 25 heavy (non-hydrogen) atoms. The third-order valence-electron chi connectivity index (χ3n) is 4.23. The van der Waals surface area contributed by atoms with Crippen LogP contribution >= 0.6 is 0 Å². The quantitative estimate of drug-likeness (QED) is 0.670. The molecule has 1 fully saturated rings. The van der Waals surface area contributed by atoms with Crippen LogP contribution in [0.1, 0.15) is 32.3 Å². The van der Waals surface area contributed by atoms with Crippen molar-refractivity contribution in [3.63, 3.8) is 0 Å². The van der Waals surface area contributed by atoms with Gasteiger partial charge in [0, 0.05) is 25.2 Å². The molecular weight excluding hydrogens is 320 g/mol. The maximum absolute atomic E-state index is 11.9. The van der Waals surface area contributed by atoms with E-state index >= 15 is 0 Å². The summed E-state index contributed by atoms with van der Waals surface area (Å²) in [7, 11) is 0. The number of rotatable bonds is 7. The summed E-state index contributed by atoms with van der Waals surface area (Å²) >= 11 is 0. The molecule has 0 aliphatic carbocycles. The van der Waals surface area contributed by atoms with Gasteiger partial charge in [0.2, 0.25) is 17.7 Å². The molecule has 1 aromatic rings. The minimum Gasteiger partial charge on any atom is -0.350 e. The zero-order valence-electron chi connectivity index (χ0n) is 14.7. The SMILES string of the molecule is CC(C)[C@H](N)C(=O)NCC(=O)NCc1cccc(N2CCCC2=O)c1. The van der Waals surface area contributed by atoms with Crippen molar-refractivity contribution in [2.75, 3.05) is 18.0 Å². The number of hydrogen-bond donors (Lipinski definition) is 3. The first-order valence-corrected chi connectivity index (χ1v) is 8.57. The summed E-state index contributed by atoms with van der Waals surface area (Å²) in [6, 6.07) is 6.92. The summed E-state index contributed by atoms with van der Waals surface area (Å²) in [6.45, 7) is 4.66. The highest BCUT2D eigenvalue weighted by Crippen LogP contribution is 2.22. The predicted octanol–water partition coefficient (Wildman–Crippen LogP) is 0.529. The third-order valence-corrected chi connectivity index (χ3v) is 4.23. The molecule has 4 N–H and O–H groups in total. The molecular formula is C18H26N4O3. The summed E-state index contributed by atoms with van der Waals surface area (Å²) in [5, 5.41) is 5.29. The van der Waals surface area contributed by atoms with Crippen molar-refractivity contribution in [2.24, 2.45) is 11.7 Å². The molecule has 1 aromatic carbocycles. The molecule has 1 aliphatic heterocycles. The Kier molecular flexibility index (Phi) is 6.52. The van der Waals surface area contributed by atoms with Crippen LogP contribution in [-0.4, -0.2) is 36.9 Å². The van der Waals surface area contributed by atoms with Gasteiger partial charge in [-0.15, -0.1) is 0 Å². The molecule has 0 unspecified atom stereocenters. The van der Waals surface area contributed by atoms with Crippen molar-refractivity contribution in [3.05, 3.63) is 29.8 Å². The second-order valence-electron chi connectivity index (χ2n) is 6.58. The molecule has 1 saturated heterocycles. The molecule has 2 rings (SSSR count). The van der Waals surface area contributed by atoms with Crippen LogP contribution in [0.25, 0.3) is 0 Å². The van der Waals surface area contributed by atoms with Gasteiger partial charge in [0.15, 0.2) is 0 Å². The average molecular weight is 346 g/mol. The molecule has 0 spiro atoms. The van der Waals surface area contributed by atoms with Crippen molar-refractivity contribution in [1.29, 1.82) is 0 Å². The number of carbonyl (C=O) groups is 3. The molecule has 1 heterocycles. The lowest BCUT2D eigenvalue weighted by Crippen LogP contribution is -2.47. The van der Waals surface area contributed by atoms with Crippen molar-refractivity contribution in [1.82, 2.24) is 10.6 Å². The maximum atomic E-state index is 11.9. The van der Waals surface area contributed by atoms with E-state index in [0.717, 1.165) is 24.2 Å². The van der Waals surface area contributed by atoms with E-state index in [1.165, 1.54) is 0 Å². The second-order valence-corrected chi connectivity index (χ2v) is 6.58. The average Bonchev–Trinajstić information content (AvgIpc) is 3.03. The minimum absolute atomic E-state index is 0.0131. The number of anilines is 1. The summed E-state index contributed by atoms with van der Waals surface area (Å²) in [5.74, 6) is -0.476. The fraction of sp³-hybridized carbons (Fsp3) is 0.500. The van der Waals surface area contributed by atoms with Crippen LogP contribution in [-0.2, 0) is 20.9 Å². The van der Waals surface area contributed by atoms with Crippen LogP contribution in [0.2, 0.25) is 0 Å². The first-order valence-electron chi connectivity index (χ1n) is 8.57. The highest BCUT2D eigenvalue weighted by molar-refractivity contribution is 5.95. The van der Waals surface area contributed by atoms with Crippen LogP contribution < -0.4 is 21.3 Å². The summed E-state index contributed by atoms with van der Waals surface area (Å²) in [6.07, 6.45) is 1.46. The van der Waals surface area contributed by atoms with Gasteiger partial charge in [-0.2, -0.15) is 0 Å². The smallest absolute Gasteiger partial charge is 0.239 e. The van der Waals surface area contributed by atoms with Gasteiger partial charge in [-0.1, -0.05) is 26.0 Å². The third kappa shape index (κ3) is 5.29. The molecule has 7 heteroatoms. The molecule has 1 aliphatic rings. The largest absolute Gasteiger partial charge is 0.350 e. The van der Waals surface area contributed by atoms with Gasteiger partial charge in [0.1, 0.15) is 0 Å². The van der Waals surface area contributed by atoms with Gasteiger partial charge in [0.25, 0.3) is 0 Å². The molecule has 0 saturated carbocycles. The Bertz CT molecular complexity index is 645. The highest BCUT2D eigenvalue weighted by Gasteiger charge is 2.21. The van der Waals surface area contributed by atoms with E-state index in [2.05, 4.69) is 10.6 Å². The highest BCUT2D eigenvalue weighted by atomic mass is 16.2. The van der Waals surface area contributed by atoms with Crippen LogP contribution in [0.15, 0.2) is 24.3 Å². The van der Waals surface area contributed by atoms with E-state index in [9.17, 15) is 14.4 Å². The Balaban J connectivity index is 1.82. The molecule has 0 aromatic heterocycles. The second kappa shape index (κ2) is 8.62. The Labute approximate surface area is 147 Å². The zero-order valence-corrected chi connectivity index (χ0v) is 14.7. The van der Waals surface area contributed by atoms with Gasteiger partial charge in [-0.3, -0.25) is 14.4 Å². The van der Waals surface area contributed by atoms with Crippen LogP contribution in [0.3, 0.4) is 0 Å². The maximum Gasteiger partial charge on any atom is 0.239 e. The number of nitrogens with two attached hydrogens (primary N) is 1. The minimum atomic E-state index is -0.623. The summed E-state index contributed by atoms with van der Waals surface area (Å²) < 4.78 is 0. The number of nitrogens with one attached hydrogen (secondary N) is 2. The number of hydrogen-bond acceptors (Lipinski definition) is 4. The van der Waals surface area contributed by atoms with Crippen molar-refractivity contribution >= 4 is 23.4 Å². The molecule has 0 bridgehead atoms. The standard InChI is InChI=1S/C18H26N4O3/c1-12(2)17(19)18(25)21-11-15(23)20-10-13-5-3-6-14(9-13)22-8-4-7-16(22)24/h3,5-6,9,12,17H,4,7-8,10-11,19H2,1-2H3,(H,20,23)(H,21,25)/t17-/m0/s1. The fourth-order valence-corrected chi connectivity index (χ4v) is 2.61. The van der Waals surface area contributed by atoms with Crippen molar-refractivity contribution in [3.8, 4) is 0 Å². The molecule has 136 valence electrons. The van der Waals surface area contributed by atoms with E-state index in [4.69, 9.17) is 5.73 Å². The lowest BCUT2D eigenvalue weighted by Gasteiger charge is -2.17. The summed E-state index contributed by atoms with van der Waals surface area (Å²) in [5.41, 5.74) is 7.47. The first-order chi connectivity index (χ1) is 11.9. The van der Waals surface area contributed by atoms with Gasteiger partial charge in [-0.25, -0.2) is 0 Å². The van der Waals surface area contributed by atoms with Crippen molar-refractivity contribution < 1.29 is 14.4 Å². The molecule has 7 nitrogen and oxygen atoms in total. The van der Waals surface area contributed by atoms with Crippen molar-refractivity contribution in [2.45, 2.75) is 39.3 Å². The lowest BCUT2D eigenvalue weighted by molar-refractivity contribution is -0.127.